The van der Waals surface area contributed by atoms with Crippen LogP contribution in [0.4, 0.5) is 4.39 Å². The number of benzene rings is 1. The maximum absolute atomic E-state index is 13.2. The number of aromatic amines is 1. The number of ether oxygens (including phenoxy) is 1. The van der Waals surface area contributed by atoms with Crippen LogP contribution in [-0.4, -0.2) is 34.6 Å². The lowest BCUT2D eigenvalue weighted by Crippen LogP contribution is -2.38. The van der Waals surface area contributed by atoms with Crippen LogP contribution in [-0.2, 0) is 24.1 Å². The number of nitrogens with one attached hydrogen (secondary N) is 1. The summed E-state index contributed by atoms with van der Waals surface area (Å²) in [6.07, 6.45) is 3.09. The van der Waals surface area contributed by atoms with Gasteiger partial charge >= 0.3 is 0 Å². The van der Waals surface area contributed by atoms with E-state index in [0.29, 0.717) is 25.5 Å². The largest absolute Gasteiger partial charge is 0.371 e. The number of nitrogens with zero attached hydrogens (tertiary/aromatic N) is 2. The second-order valence-corrected chi connectivity index (χ2v) is 8.28. The summed E-state index contributed by atoms with van der Waals surface area (Å²) in [6, 6.07) is 6.45. The molecule has 1 saturated heterocycles. The van der Waals surface area contributed by atoms with Gasteiger partial charge in [0, 0.05) is 18.0 Å². The first-order chi connectivity index (χ1) is 13.2. The van der Waals surface area contributed by atoms with Gasteiger partial charge in [-0.3, -0.25) is 9.69 Å². The first-order valence-electron chi connectivity index (χ1n) is 9.30. The maximum atomic E-state index is 13.2. The van der Waals surface area contributed by atoms with Gasteiger partial charge in [-0.25, -0.2) is 9.37 Å². The summed E-state index contributed by atoms with van der Waals surface area (Å²) in [5.41, 5.74) is 2.16. The van der Waals surface area contributed by atoms with Crippen molar-refractivity contribution in [3.63, 3.8) is 0 Å². The van der Waals surface area contributed by atoms with Gasteiger partial charge in [-0.05, 0) is 42.5 Å². The summed E-state index contributed by atoms with van der Waals surface area (Å²) >= 11 is 1.67. The highest BCUT2D eigenvalue weighted by Gasteiger charge is 2.24. The van der Waals surface area contributed by atoms with Crippen molar-refractivity contribution in [1.29, 1.82) is 0 Å². The van der Waals surface area contributed by atoms with Crippen molar-refractivity contribution in [3.8, 4) is 0 Å². The number of hydrogen-bond donors (Lipinski definition) is 1. The molecule has 7 heteroatoms. The number of aromatic nitrogens is 2. The zero-order valence-corrected chi connectivity index (χ0v) is 15.7. The Labute approximate surface area is 159 Å². The summed E-state index contributed by atoms with van der Waals surface area (Å²) in [4.78, 5) is 24.7. The molecule has 140 valence electrons. The van der Waals surface area contributed by atoms with E-state index in [1.54, 1.807) is 23.5 Å². The molecule has 0 spiro atoms. The predicted molar refractivity (Wildman–Crippen MR) is 103 cm³/mol. The maximum Gasteiger partial charge on any atom is 0.259 e. The number of hydrogen-bond acceptors (Lipinski definition) is 5. The molecule has 1 aliphatic carbocycles. The minimum absolute atomic E-state index is 0.0160. The fourth-order valence-corrected chi connectivity index (χ4v) is 5.34. The van der Waals surface area contributed by atoms with Crippen LogP contribution >= 0.6 is 11.3 Å². The van der Waals surface area contributed by atoms with Crippen molar-refractivity contribution >= 4 is 21.6 Å². The molecule has 2 aliphatic rings. The number of morpholine rings is 1. The molecule has 1 aliphatic heterocycles. The Morgan fingerprint density at radius 1 is 1.30 bits per heavy atom. The number of thiophene rings is 1. The Morgan fingerprint density at radius 3 is 3.00 bits per heavy atom. The monoisotopic (exact) mass is 385 g/mol. The Balaban J connectivity index is 1.37. The molecule has 27 heavy (non-hydrogen) atoms. The molecule has 0 radical (unpaired) electrons. The summed E-state index contributed by atoms with van der Waals surface area (Å²) in [5.74, 6) is 0.455. The highest BCUT2D eigenvalue weighted by atomic mass is 32.1. The number of halogens is 1. The molecule has 3 heterocycles. The van der Waals surface area contributed by atoms with Crippen LogP contribution in [0, 0.1) is 5.82 Å². The molecule has 1 fully saturated rings. The zero-order chi connectivity index (χ0) is 18.4. The third kappa shape index (κ3) is 3.20. The third-order valence-corrected chi connectivity index (χ3v) is 6.58. The van der Waals surface area contributed by atoms with Gasteiger partial charge in [0.05, 0.1) is 24.6 Å². The van der Waals surface area contributed by atoms with Gasteiger partial charge in [-0.1, -0.05) is 12.1 Å². The lowest BCUT2D eigenvalue weighted by molar-refractivity contribution is -0.0336. The van der Waals surface area contributed by atoms with E-state index in [1.165, 1.54) is 22.6 Å². The molecule has 5 nitrogen and oxygen atoms in total. The van der Waals surface area contributed by atoms with Crippen LogP contribution in [0.1, 0.15) is 34.4 Å². The standard InChI is InChI=1S/C20H20FN3O2S/c21-13-6-4-12(5-7-13)15-10-24(8-9-26-15)11-17-22-19(25)18-14-2-1-3-16(14)27-20(18)23-17/h4-7,15H,1-3,8-11H2,(H,22,23,25). The third-order valence-electron chi connectivity index (χ3n) is 5.39. The van der Waals surface area contributed by atoms with Gasteiger partial charge < -0.3 is 9.72 Å². The van der Waals surface area contributed by atoms with Crippen LogP contribution in [0.15, 0.2) is 29.1 Å². The van der Waals surface area contributed by atoms with Crippen LogP contribution in [0.2, 0.25) is 0 Å². The SMILES string of the molecule is O=c1[nH]c(CN2CCOC(c3ccc(F)cc3)C2)nc2sc3c(c12)CCC3. The number of rotatable bonds is 3. The molecule has 2 aromatic heterocycles. The molecule has 1 atom stereocenters. The lowest BCUT2D eigenvalue weighted by Gasteiger charge is -2.32. The Bertz CT molecular complexity index is 1040. The number of aryl methyl sites for hydroxylation is 2. The van der Waals surface area contributed by atoms with Gasteiger partial charge in [0.25, 0.3) is 5.56 Å². The van der Waals surface area contributed by atoms with E-state index in [4.69, 9.17) is 9.72 Å². The smallest absolute Gasteiger partial charge is 0.259 e. The highest BCUT2D eigenvalue weighted by molar-refractivity contribution is 7.18. The minimum Gasteiger partial charge on any atom is -0.371 e. The average Bonchev–Trinajstić information content (AvgIpc) is 3.23. The fourth-order valence-electron chi connectivity index (χ4n) is 4.06. The molecule has 1 aromatic carbocycles. The molecule has 3 aromatic rings. The van der Waals surface area contributed by atoms with Crippen LogP contribution < -0.4 is 5.56 Å². The van der Waals surface area contributed by atoms with Crippen molar-refractivity contribution < 1.29 is 9.13 Å². The first-order valence-corrected chi connectivity index (χ1v) is 10.1. The van der Waals surface area contributed by atoms with Crippen molar-refractivity contribution in [2.45, 2.75) is 31.9 Å². The molecule has 0 saturated carbocycles. The van der Waals surface area contributed by atoms with Gasteiger partial charge in [0.1, 0.15) is 16.5 Å². The van der Waals surface area contributed by atoms with Crippen molar-refractivity contribution in [1.82, 2.24) is 14.9 Å². The fraction of sp³-hybridized carbons (Fsp3) is 0.400. The molecular weight excluding hydrogens is 365 g/mol. The molecule has 1 unspecified atom stereocenters. The normalized spacial score (nSPS) is 20.3. The number of fused-ring (bicyclic) bond motifs is 3. The summed E-state index contributed by atoms with van der Waals surface area (Å²) in [7, 11) is 0. The Kier molecular flexibility index (Phi) is 4.30. The molecular formula is C20H20FN3O2S. The molecule has 1 N–H and O–H groups in total. The van der Waals surface area contributed by atoms with Crippen molar-refractivity contribution in [2.24, 2.45) is 0 Å². The van der Waals surface area contributed by atoms with Gasteiger partial charge in [-0.15, -0.1) is 11.3 Å². The minimum atomic E-state index is -0.246. The van der Waals surface area contributed by atoms with Crippen LogP contribution in [0.25, 0.3) is 10.2 Å². The first kappa shape index (κ1) is 17.0. The molecule has 5 rings (SSSR count). The lowest BCUT2D eigenvalue weighted by atomic mass is 10.1. The van der Waals surface area contributed by atoms with E-state index < -0.39 is 0 Å². The van der Waals surface area contributed by atoms with Crippen molar-refractivity contribution in [3.05, 3.63) is 62.3 Å². The van der Waals surface area contributed by atoms with Crippen LogP contribution in [0.3, 0.4) is 0 Å². The van der Waals surface area contributed by atoms with E-state index in [9.17, 15) is 9.18 Å². The van der Waals surface area contributed by atoms with Gasteiger partial charge in [0.2, 0.25) is 0 Å². The van der Waals surface area contributed by atoms with Gasteiger partial charge in [-0.2, -0.15) is 0 Å². The topological polar surface area (TPSA) is 58.2 Å². The van der Waals surface area contributed by atoms with E-state index in [-0.39, 0.29) is 17.5 Å². The van der Waals surface area contributed by atoms with Crippen molar-refractivity contribution in [2.75, 3.05) is 19.7 Å². The van der Waals surface area contributed by atoms with Crippen LogP contribution in [0.5, 0.6) is 0 Å². The Morgan fingerprint density at radius 2 is 2.15 bits per heavy atom. The summed E-state index contributed by atoms with van der Waals surface area (Å²) < 4.78 is 19.0. The van der Waals surface area contributed by atoms with E-state index >= 15 is 0 Å². The quantitative estimate of drug-likeness (QED) is 0.752. The average molecular weight is 385 g/mol. The van der Waals surface area contributed by atoms with Gasteiger partial charge in [0.15, 0.2) is 0 Å². The summed E-state index contributed by atoms with van der Waals surface area (Å²) in [5, 5.41) is 0.794. The Hall–Kier alpha value is -2.09. The predicted octanol–water partition coefficient (Wildman–Crippen LogP) is 3.19. The van der Waals surface area contributed by atoms with E-state index in [0.717, 1.165) is 41.6 Å². The number of H-pyrrole nitrogens is 1. The van der Waals surface area contributed by atoms with E-state index in [2.05, 4.69) is 9.88 Å². The second-order valence-electron chi connectivity index (χ2n) is 7.20. The van der Waals surface area contributed by atoms with E-state index in [1.807, 2.05) is 0 Å². The zero-order valence-electron chi connectivity index (χ0n) is 14.8. The second kappa shape index (κ2) is 6.82. The summed E-state index contributed by atoms with van der Waals surface area (Å²) in [6.45, 7) is 2.64. The molecule has 0 amide bonds. The highest BCUT2D eigenvalue weighted by Crippen LogP contribution is 2.34. The molecule has 0 bridgehead atoms.